The highest BCUT2D eigenvalue weighted by Crippen LogP contribution is 2.13. The minimum absolute atomic E-state index is 0.0893. The Balaban J connectivity index is 2.72. The molecular weight excluding hydrogens is 250 g/mol. The summed E-state index contributed by atoms with van der Waals surface area (Å²) in [5, 5.41) is 9.48. The number of nitrogens with zero attached hydrogens (tertiary/aromatic N) is 1. The van der Waals surface area contributed by atoms with Gasteiger partial charge in [0.25, 0.3) is 0 Å². The van der Waals surface area contributed by atoms with E-state index in [1.165, 1.54) is 0 Å². The fourth-order valence-electron chi connectivity index (χ4n) is 1.92. The van der Waals surface area contributed by atoms with E-state index in [2.05, 4.69) is 4.90 Å². The molecule has 0 saturated heterocycles. The number of carbonyl (C=O) groups is 1. The molecule has 1 aromatic carbocycles. The average Bonchev–Trinajstić information content (AvgIpc) is 2.39. The zero-order valence-corrected chi connectivity index (χ0v) is 11.7. The first-order valence-electron chi connectivity index (χ1n) is 6.24. The van der Waals surface area contributed by atoms with Crippen LogP contribution in [0.2, 0.25) is 5.02 Å². The Morgan fingerprint density at radius 1 is 1.39 bits per heavy atom. The summed E-state index contributed by atoms with van der Waals surface area (Å²) in [6, 6.07) is 6.78. The van der Waals surface area contributed by atoms with E-state index >= 15 is 0 Å². The number of ketones is 1. The molecule has 0 radical (unpaired) electrons. The van der Waals surface area contributed by atoms with Crippen molar-refractivity contribution in [2.45, 2.75) is 26.3 Å². The highest BCUT2D eigenvalue weighted by molar-refractivity contribution is 6.30. The standard InChI is InChI=1S/C14H20ClNO2/c1-3-16(9-4-10-17)11(2)14(18)12-5-7-13(15)8-6-12/h5-8,11,17H,3-4,9-10H2,1-2H3. The minimum Gasteiger partial charge on any atom is -0.396 e. The third kappa shape index (κ3) is 4.09. The van der Waals surface area contributed by atoms with Crippen LogP contribution in [0.4, 0.5) is 0 Å². The van der Waals surface area contributed by atoms with Crippen LogP contribution in [0.25, 0.3) is 0 Å². The maximum absolute atomic E-state index is 12.3. The van der Waals surface area contributed by atoms with Gasteiger partial charge in [0.2, 0.25) is 0 Å². The van der Waals surface area contributed by atoms with Crippen molar-refractivity contribution in [1.29, 1.82) is 0 Å². The normalized spacial score (nSPS) is 12.7. The maximum atomic E-state index is 12.3. The van der Waals surface area contributed by atoms with Gasteiger partial charge in [-0.3, -0.25) is 9.69 Å². The molecule has 0 aromatic heterocycles. The summed E-state index contributed by atoms with van der Waals surface area (Å²) in [6.45, 7) is 5.59. The Morgan fingerprint density at radius 2 is 2.00 bits per heavy atom. The second-order valence-corrected chi connectivity index (χ2v) is 4.69. The number of carbonyl (C=O) groups excluding carboxylic acids is 1. The van der Waals surface area contributed by atoms with Gasteiger partial charge in [-0.1, -0.05) is 18.5 Å². The van der Waals surface area contributed by atoms with Crippen molar-refractivity contribution in [3.8, 4) is 0 Å². The van der Waals surface area contributed by atoms with Gasteiger partial charge in [0, 0.05) is 23.7 Å². The van der Waals surface area contributed by atoms with Crippen LogP contribution >= 0.6 is 11.6 Å². The Morgan fingerprint density at radius 3 is 2.50 bits per heavy atom. The molecule has 0 aliphatic carbocycles. The lowest BCUT2D eigenvalue weighted by atomic mass is 10.0. The molecule has 0 aliphatic heterocycles. The summed E-state index contributed by atoms with van der Waals surface area (Å²) in [5.74, 6) is 0.0893. The number of likely N-dealkylation sites (N-methyl/N-ethyl adjacent to an activating group) is 1. The van der Waals surface area contributed by atoms with Crippen molar-refractivity contribution in [2.75, 3.05) is 19.7 Å². The molecule has 3 nitrogen and oxygen atoms in total. The summed E-state index contributed by atoms with van der Waals surface area (Å²) < 4.78 is 0. The third-order valence-corrected chi connectivity index (χ3v) is 3.32. The van der Waals surface area contributed by atoms with Gasteiger partial charge in [0.05, 0.1) is 6.04 Å². The third-order valence-electron chi connectivity index (χ3n) is 3.07. The molecule has 1 rings (SSSR count). The van der Waals surface area contributed by atoms with Crippen molar-refractivity contribution < 1.29 is 9.90 Å². The van der Waals surface area contributed by atoms with Crippen LogP contribution in [0.15, 0.2) is 24.3 Å². The lowest BCUT2D eigenvalue weighted by molar-refractivity contribution is 0.0834. The maximum Gasteiger partial charge on any atom is 0.179 e. The van der Waals surface area contributed by atoms with Crippen LogP contribution in [-0.4, -0.2) is 41.5 Å². The highest BCUT2D eigenvalue weighted by Gasteiger charge is 2.20. The first-order chi connectivity index (χ1) is 8.60. The van der Waals surface area contributed by atoms with E-state index in [-0.39, 0.29) is 18.4 Å². The molecule has 1 atom stereocenters. The highest BCUT2D eigenvalue weighted by atomic mass is 35.5. The van der Waals surface area contributed by atoms with Crippen molar-refractivity contribution >= 4 is 17.4 Å². The summed E-state index contributed by atoms with van der Waals surface area (Å²) in [7, 11) is 0. The molecular formula is C14H20ClNO2. The monoisotopic (exact) mass is 269 g/mol. The van der Waals surface area contributed by atoms with Crippen LogP contribution in [0.1, 0.15) is 30.6 Å². The SMILES string of the molecule is CCN(CCCO)C(C)C(=O)c1ccc(Cl)cc1. The zero-order chi connectivity index (χ0) is 13.5. The zero-order valence-electron chi connectivity index (χ0n) is 10.9. The van der Waals surface area contributed by atoms with E-state index in [9.17, 15) is 4.79 Å². The number of benzene rings is 1. The number of halogens is 1. The molecule has 1 N–H and O–H groups in total. The molecule has 0 bridgehead atoms. The molecule has 1 aromatic rings. The predicted molar refractivity (Wildman–Crippen MR) is 74.2 cm³/mol. The van der Waals surface area contributed by atoms with Crippen LogP contribution in [-0.2, 0) is 0 Å². The van der Waals surface area contributed by atoms with Gasteiger partial charge in [-0.15, -0.1) is 0 Å². The summed E-state index contributed by atoms with van der Waals surface area (Å²) >= 11 is 5.80. The largest absolute Gasteiger partial charge is 0.396 e. The lowest BCUT2D eigenvalue weighted by Crippen LogP contribution is -2.39. The van der Waals surface area contributed by atoms with Crippen LogP contribution < -0.4 is 0 Å². The summed E-state index contributed by atoms with van der Waals surface area (Å²) in [5.41, 5.74) is 0.675. The number of rotatable bonds is 7. The predicted octanol–water partition coefficient (Wildman–Crippen LogP) is 2.62. The second kappa shape index (κ2) is 7.52. The molecule has 0 saturated carbocycles. The minimum atomic E-state index is -0.178. The van der Waals surface area contributed by atoms with Gasteiger partial charge < -0.3 is 5.11 Å². The quantitative estimate of drug-likeness (QED) is 0.774. The fraction of sp³-hybridized carbons (Fsp3) is 0.500. The number of Topliss-reactive ketones (excluding diaryl/α,β-unsaturated/α-hetero) is 1. The summed E-state index contributed by atoms with van der Waals surface area (Å²) in [4.78, 5) is 14.3. The molecule has 4 heteroatoms. The van der Waals surface area contributed by atoms with Crippen LogP contribution in [0, 0.1) is 0 Å². The molecule has 100 valence electrons. The lowest BCUT2D eigenvalue weighted by Gasteiger charge is -2.26. The molecule has 18 heavy (non-hydrogen) atoms. The van der Waals surface area contributed by atoms with Crippen LogP contribution in [0.3, 0.4) is 0 Å². The van der Waals surface area contributed by atoms with E-state index in [1.54, 1.807) is 24.3 Å². The molecule has 0 heterocycles. The van der Waals surface area contributed by atoms with Gasteiger partial charge in [-0.05, 0) is 44.2 Å². The van der Waals surface area contributed by atoms with Crippen molar-refractivity contribution in [3.05, 3.63) is 34.9 Å². The molecule has 0 fully saturated rings. The Bertz CT molecular complexity index is 378. The smallest absolute Gasteiger partial charge is 0.179 e. The van der Waals surface area contributed by atoms with E-state index in [0.717, 1.165) is 13.1 Å². The summed E-state index contributed by atoms with van der Waals surface area (Å²) in [6.07, 6.45) is 0.687. The number of aliphatic hydroxyl groups excluding tert-OH is 1. The number of hydrogen-bond donors (Lipinski definition) is 1. The average molecular weight is 270 g/mol. The van der Waals surface area contributed by atoms with Crippen LogP contribution in [0.5, 0.6) is 0 Å². The second-order valence-electron chi connectivity index (χ2n) is 4.25. The Labute approximate surface area is 113 Å². The van der Waals surface area contributed by atoms with Gasteiger partial charge >= 0.3 is 0 Å². The topological polar surface area (TPSA) is 40.5 Å². The number of aliphatic hydroxyl groups is 1. The van der Waals surface area contributed by atoms with E-state index in [4.69, 9.17) is 16.7 Å². The Hall–Kier alpha value is -0.900. The van der Waals surface area contributed by atoms with Crippen molar-refractivity contribution in [1.82, 2.24) is 4.90 Å². The van der Waals surface area contributed by atoms with E-state index < -0.39 is 0 Å². The number of hydrogen-bond acceptors (Lipinski definition) is 3. The molecule has 1 unspecified atom stereocenters. The Kier molecular flexibility index (Phi) is 6.33. The van der Waals surface area contributed by atoms with E-state index in [1.807, 2.05) is 13.8 Å². The van der Waals surface area contributed by atoms with Gasteiger partial charge in [0.1, 0.15) is 0 Å². The first kappa shape index (κ1) is 15.2. The van der Waals surface area contributed by atoms with Gasteiger partial charge in [-0.2, -0.15) is 0 Å². The molecule has 0 aliphatic rings. The van der Waals surface area contributed by atoms with Gasteiger partial charge in [-0.25, -0.2) is 0 Å². The van der Waals surface area contributed by atoms with Crippen molar-refractivity contribution in [2.24, 2.45) is 0 Å². The van der Waals surface area contributed by atoms with Gasteiger partial charge in [0.15, 0.2) is 5.78 Å². The molecule has 0 spiro atoms. The first-order valence-corrected chi connectivity index (χ1v) is 6.62. The fourth-order valence-corrected chi connectivity index (χ4v) is 2.05. The van der Waals surface area contributed by atoms with Crippen molar-refractivity contribution in [3.63, 3.8) is 0 Å². The molecule has 0 amide bonds. The van der Waals surface area contributed by atoms with E-state index in [0.29, 0.717) is 17.0 Å².